The summed E-state index contributed by atoms with van der Waals surface area (Å²) in [4.78, 5) is 14.4. The van der Waals surface area contributed by atoms with Gasteiger partial charge in [0.15, 0.2) is 0 Å². The van der Waals surface area contributed by atoms with E-state index in [-0.39, 0.29) is 12.1 Å². The second kappa shape index (κ2) is 8.96. The molecule has 0 bridgehead atoms. The smallest absolute Gasteiger partial charge is 0.317 e. The molecule has 0 atom stereocenters. The van der Waals surface area contributed by atoms with E-state index in [0.717, 1.165) is 23.3 Å². The van der Waals surface area contributed by atoms with Crippen LogP contribution in [-0.2, 0) is 13.0 Å². The Labute approximate surface area is 144 Å². The van der Waals surface area contributed by atoms with E-state index in [0.29, 0.717) is 13.1 Å². The van der Waals surface area contributed by atoms with Crippen molar-refractivity contribution in [2.24, 2.45) is 0 Å². The fourth-order valence-electron chi connectivity index (χ4n) is 2.58. The Morgan fingerprint density at radius 2 is 1.75 bits per heavy atom. The van der Waals surface area contributed by atoms with Gasteiger partial charge in [-0.1, -0.05) is 48.5 Å². The number of methoxy groups -OCH3 is 1. The number of ether oxygens (including phenoxy) is 1. The zero-order valence-corrected chi connectivity index (χ0v) is 14.7. The van der Waals surface area contributed by atoms with E-state index in [1.165, 1.54) is 0 Å². The molecular weight excluding hydrogens is 300 g/mol. The van der Waals surface area contributed by atoms with Crippen molar-refractivity contribution >= 4 is 6.03 Å². The molecule has 0 saturated heterocycles. The number of nitrogens with zero attached hydrogens (tertiary/aromatic N) is 1. The van der Waals surface area contributed by atoms with Crippen molar-refractivity contribution in [2.45, 2.75) is 32.9 Å². The van der Waals surface area contributed by atoms with E-state index in [9.17, 15) is 4.79 Å². The number of carbonyl (C=O) groups excluding carboxylic acids is 1. The van der Waals surface area contributed by atoms with Gasteiger partial charge in [0, 0.05) is 19.1 Å². The number of carbonyl (C=O) groups is 1. The maximum atomic E-state index is 12.5. The largest absolute Gasteiger partial charge is 0.496 e. The Morgan fingerprint density at radius 1 is 1.08 bits per heavy atom. The molecule has 0 heterocycles. The zero-order valence-electron chi connectivity index (χ0n) is 14.7. The van der Waals surface area contributed by atoms with Crippen LogP contribution in [0.3, 0.4) is 0 Å². The van der Waals surface area contributed by atoms with Gasteiger partial charge >= 0.3 is 6.03 Å². The zero-order chi connectivity index (χ0) is 17.4. The number of hydrogen-bond donors (Lipinski definition) is 1. The SMILES string of the molecule is COc1ccccc1CCNC(=O)N(Cc1ccccc1)C(C)C. The van der Waals surface area contributed by atoms with Crippen molar-refractivity contribution in [2.75, 3.05) is 13.7 Å². The minimum absolute atomic E-state index is 0.0382. The third-order valence-electron chi connectivity index (χ3n) is 3.94. The second-order valence-corrected chi connectivity index (χ2v) is 6.00. The maximum Gasteiger partial charge on any atom is 0.317 e. The van der Waals surface area contributed by atoms with E-state index in [1.54, 1.807) is 7.11 Å². The third kappa shape index (κ3) is 5.01. The fourth-order valence-corrected chi connectivity index (χ4v) is 2.58. The molecule has 2 rings (SSSR count). The molecule has 0 unspecified atom stereocenters. The number of urea groups is 1. The highest BCUT2D eigenvalue weighted by atomic mass is 16.5. The monoisotopic (exact) mass is 326 g/mol. The molecule has 0 radical (unpaired) electrons. The maximum absolute atomic E-state index is 12.5. The van der Waals surface area contributed by atoms with Crippen LogP contribution in [0.15, 0.2) is 54.6 Å². The highest BCUT2D eigenvalue weighted by molar-refractivity contribution is 5.74. The van der Waals surface area contributed by atoms with Crippen LogP contribution in [0.1, 0.15) is 25.0 Å². The van der Waals surface area contributed by atoms with Gasteiger partial charge in [-0.3, -0.25) is 0 Å². The van der Waals surface area contributed by atoms with Crippen LogP contribution in [0, 0.1) is 0 Å². The van der Waals surface area contributed by atoms with Gasteiger partial charge in [-0.15, -0.1) is 0 Å². The Bertz CT molecular complexity index is 641. The predicted molar refractivity (Wildman–Crippen MR) is 97.2 cm³/mol. The van der Waals surface area contributed by atoms with Gasteiger partial charge in [0.1, 0.15) is 5.75 Å². The van der Waals surface area contributed by atoms with Crippen molar-refractivity contribution in [1.82, 2.24) is 10.2 Å². The van der Waals surface area contributed by atoms with Crippen LogP contribution in [0.5, 0.6) is 5.75 Å². The normalized spacial score (nSPS) is 10.5. The van der Waals surface area contributed by atoms with Crippen LogP contribution in [0.2, 0.25) is 0 Å². The molecule has 24 heavy (non-hydrogen) atoms. The van der Waals surface area contributed by atoms with Crippen LogP contribution >= 0.6 is 0 Å². The lowest BCUT2D eigenvalue weighted by Crippen LogP contribution is -2.44. The molecule has 0 aliphatic rings. The fraction of sp³-hybridized carbons (Fsp3) is 0.350. The molecule has 1 N–H and O–H groups in total. The van der Waals surface area contributed by atoms with Gasteiger partial charge in [-0.2, -0.15) is 0 Å². The number of para-hydroxylation sites is 1. The molecule has 2 amide bonds. The lowest BCUT2D eigenvalue weighted by Gasteiger charge is -2.27. The van der Waals surface area contributed by atoms with E-state index < -0.39 is 0 Å². The van der Waals surface area contributed by atoms with Gasteiger partial charge in [-0.05, 0) is 37.5 Å². The summed E-state index contributed by atoms with van der Waals surface area (Å²) in [6.45, 7) is 5.25. The van der Waals surface area contributed by atoms with Crippen LogP contribution in [-0.4, -0.2) is 30.6 Å². The van der Waals surface area contributed by atoms with Crippen molar-refractivity contribution in [3.8, 4) is 5.75 Å². The minimum atomic E-state index is -0.0382. The lowest BCUT2D eigenvalue weighted by atomic mass is 10.1. The molecule has 2 aromatic carbocycles. The van der Waals surface area contributed by atoms with E-state index in [1.807, 2.05) is 73.3 Å². The number of hydrogen-bond acceptors (Lipinski definition) is 2. The molecule has 0 aliphatic heterocycles. The highest BCUT2D eigenvalue weighted by Crippen LogP contribution is 2.17. The van der Waals surface area contributed by atoms with E-state index in [4.69, 9.17) is 4.74 Å². The first-order valence-electron chi connectivity index (χ1n) is 8.32. The Hall–Kier alpha value is -2.49. The van der Waals surface area contributed by atoms with E-state index in [2.05, 4.69) is 5.32 Å². The average Bonchev–Trinajstić information content (AvgIpc) is 2.60. The number of nitrogens with one attached hydrogen (secondary N) is 1. The van der Waals surface area contributed by atoms with Crippen molar-refractivity contribution in [3.05, 3.63) is 65.7 Å². The molecule has 0 spiro atoms. The summed E-state index contributed by atoms with van der Waals surface area (Å²) < 4.78 is 5.34. The first-order chi connectivity index (χ1) is 11.6. The summed E-state index contributed by atoms with van der Waals surface area (Å²) in [5.41, 5.74) is 2.23. The van der Waals surface area contributed by atoms with Crippen LogP contribution < -0.4 is 10.1 Å². The summed E-state index contributed by atoms with van der Waals surface area (Å²) >= 11 is 0. The summed E-state index contributed by atoms with van der Waals surface area (Å²) in [6.07, 6.45) is 0.743. The molecule has 128 valence electrons. The van der Waals surface area contributed by atoms with Gasteiger partial charge < -0.3 is 15.0 Å². The Kier molecular flexibility index (Phi) is 6.67. The Balaban J connectivity index is 1.91. The topological polar surface area (TPSA) is 41.6 Å². The molecule has 0 aromatic heterocycles. The molecule has 0 aliphatic carbocycles. The summed E-state index contributed by atoms with van der Waals surface area (Å²) in [5, 5.41) is 3.02. The molecule has 4 heteroatoms. The molecule has 0 saturated carbocycles. The van der Waals surface area contributed by atoms with Crippen molar-refractivity contribution < 1.29 is 9.53 Å². The van der Waals surface area contributed by atoms with Crippen molar-refractivity contribution in [1.29, 1.82) is 0 Å². The summed E-state index contributed by atoms with van der Waals surface area (Å²) in [5.74, 6) is 0.858. The molecule has 2 aromatic rings. The first kappa shape index (κ1) is 17.9. The molecule has 4 nitrogen and oxygen atoms in total. The number of amides is 2. The predicted octanol–water partition coefficient (Wildman–Crippen LogP) is 3.86. The minimum Gasteiger partial charge on any atom is -0.496 e. The number of benzene rings is 2. The van der Waals surface area contributed by atoms with Crippen molar-refractivity contribution in [3.63, 3.8) is 0 Å². The lowest BCUT2D eigenvalue weighted by molar-refractivity contribution is 0.180. The standard InChI is InChI=1S/C20H26N2O2/c1-16(2)22(15-17-9-5-4-6-10-17)20(23)21-14-13-18-11-7-8-12-19(18)24-3/h4-12,16H,13-15H2,1-3H3,(H,21,23). The third-order valence-corrected chi connectivity index (χ3v) is 3.94. The Morgan fingerprint density at radius 3 is 2.42 bits per heavy atom. The summed E-state index contributed by atoms with van der Waals surface area (Å²) in [7, 11) is 1.66. The van der Waals surface area contributed by atoms with Gasteiger partial charge in [-0.25, -0.2) is 4.79 Å². The summed E-state index contributed by atoms with van der Waals surface area (Å²) in [6, 6.07) is 18.0. The molecular formula is C20H26N2O2. The van der Waals surface area contributed by atoms with Gasteiger partial charge in [0.2, 0.25) is 0 Å². The molecule has 0 fully saturated rings. The first-order valence-corrected chi connectivity index (χ1v) is 8.32. The quantitative estimate of drug-likeness (QED) is 0.839. The van der Waals surface area contributed by atoms with Crippen LogP contribution in [0.25, 0.3) is 0 Å². The second-order valence-electron chi connectivity index (χ2n) is 6.00. The highest BCUT2D eigenvalue weighted by Gasteiger charge is 2.16. The van der Waals surface area contributed by atoms with Crippen LogP contribution in [0.4, 0.5) is 4.79 Å². The average molecular weight is 326 g/mol. The van der Waals surface area contributed by atoms with Gasteiger partial charge in [0.25, 0.3) is 0 Å². The van der Waals surface area contributed by atoms with Gasteiger partial charge in [0.05, 0.1) is 7.11 Å². The van der Waals surface area contributed by atoms with E-state index >= 15 is 0 Å². The number of rotatable bonds is 7.